The van der Waals surface area contributed by atoms with E-state index in [1.165, 1.54) is 7.05 Å². The molecule has 0 saturated carbocycles. The van der Waals surface area contributed by atoms with Gasteiger partial charge in [-0.3, -0.25) is 19.3 Å². The summed E-state index contributed by atoms with van der Waals surface area (Å²) in [5.74, 6) is -0.0543. The van der Waals surface area contributed by atoms with E-state index in [0.29, 0.717) is 35.7 Å². The number of hydrogen-bond acceptors (Lipinski definition) is 3. The molecule has 1 atom stereocenters. The molecule has 0 bridgehead atoms. The Morgan fingerprint density at radius 2 is 1.90 bits per heavy atom. The van der Waals surface area contributed by atoms with Gasteiger partial charge in [-0.25, -0.2) is 0 Å². The SMILES string of the molecule is CN1C(=O)c2ccc(N3CC(CCl)CC3=O)cc2C1=O. The molecule has 6 heteroatoms. The van der Waals surface area contributed by atoms with Gasteiger partial charge in [0.05, 0.1) is 11.1 Å². The van der Waals surface area contributed by atoms with Crippen molar-refractivity contribution in [3.8, 4) is 0 Å². The summed E-state index contributed by atoms with van der Waals surface area (Å²) < 4.78 is 0. The van der Waals surface area contributed by atoms with Crippen LogP contribution < -0.4 is 4.90 Å². The highest BCUT2D eigenvalue weighted by atomic mass is 35.5. The normalized spacial score (nSPS) is 21.9. The zero-order valence-corrected chi connectivity index (χ0v) is 11.7. The Morgan fingerprint density at radius 1 is 1.20 bits per heavy atom. The van der Waals surface area contributed by atoms with Gasteiger partial charge in [-0.2, -0.15) is 0 Å². The highest BCUT2D eigenvalue weighted by Gasteiger charge is 2.35. The zero-order valence-electron chi connectivity index (χ0n) is 10.9. The van der Waals surface area contributed by atoms with Crippen LogP contribution in [-0.2, 0) is 4.79 Å². The largest absolute Gasteiger partial charge is 0.312 e. The van der Waals surface area contributed by atoms with E-state index in [9.17, 15) is 14.4 Å². The second-order valence-corrected chi connectivity index (χ2v) is 5.44. The van der Waals surface area contributed by atoms with Gasteiger partial charge in [0.15, 0.2) is 0 Å². The van der Waals surface area contributed by atoms with Gasteiger partial charge in [-0.1, -0.05) is 0 Å². The van der Waals surface area contributed by atoms with Gasteiger partial charge in [-0.05, 0) is 24.1 Å². The first-order chi connectivity index (χ1) is 9.52. The van der Waals surface area contributed by atoms with Gasteiger partial charge >= 0.3 is 0 Å². The third kappa shape index (κ3) is 1.81. The molecule has 3 rings (SSSR count). The summed E-state index contributed by atoms with van der Waals surface area (Å²) >= 11 is 5.80. The smallest absolute Gasteiger partial charge is 0.261 e. The van der Waals surface area contributed by atoms with Crippen LogP contribution in [0.25, 0.3) is 0 Å². The van der Waals surface area contributed by atoms with E-state index < -0.39 is 0 Å². The number of imide groups is 1. The third-order valence-corrected chi connectivity index (χ3v) is 4.24. The van der Waals surface area contributed by atoms with Crippen molar-refractivity contribution >= 4 is 35.0 Å². The lowest BCUT2D eigenvalue weighted by Crippen LogP contribution is -2.25. The third-order valence-electron chi connectivity index (χ3n) is 3.81. The van der Waals surface area contributed by atoms with Gasteiger partial charge in [-0.15, -0.1) is 11.6 Å². The molecular weight excluding hydrogens is 280 g/mol. The first-order valence-corrected chi connectivity index (χ1v) is 6.89. The maximum absolute atomic E-state index is 12.0. The van der Waals surface area contributed by atoms with E-state index in [0.717, 1.165) is 4.90 Å². The van der Waals surface area contributed by atoms with E-state index in [-0.39, 0.29) is 23.6 Å². The number of nitrogens with zero attached hydrogens (tertiary/aromatic N) is 2. The summed E-state index contributed by atoms with van der Waals surface area (Å²) in [6.45, 7) is 0.555. The predicted octanol–water partition coefficient (Wildman–Crippen LogP) is 1.50. The lowest BCUT2D eigenvalue weighted by atomic mass is 10.1. The van der Waals surface area contributed by atoms with Crippen molar-refractivity contribution in [2.45, 2.75) is 6.42 Å². The second kappa shape index (κ2) is 4.59. The fourth-order valence-corrected chi connectivity index (χ4v) is 2.86. The molecule has 5 nitrogen and oxygen atoms in total. The fourth-order valence-electron chi connectivity index (χ4n) is 2.65. The topological polar surface area (TPSA) is 57.7 Å². The predicted molar refractivity (Wildman–Crippen MR) is 74.0 cm³/mol. The van der Waals surface area contributed by atoms with Crippen LogP contribution in [0.2, 0.25) is 0 Å². The van der Waals surface area contributed by atoms with Crippen LogP contribution in [0.1, 0.15) is 27.1 Å². The lowest BCUT2D eigenvalue weighted by molar-refractivity contribution is -0.117. The van der Waals surface area contributed by atoms with E-state index in [1.54, 1.807) is 23.1 Å². The Morgan fingerprint density at radius 3 is 2.55 bits per heavy atom. The number of halogens is 1. The van der Waals surface area contributed by atoms with Crippen molar-refractivity contribution in [1.82, 2.24) is 4.90 Å². The zero-order chi connectivity index (χ0) is 14.4. The molecule has 104 valence electrons. The van der Waals surface area contributed by atoms with Crippen molar-refractivity contribution in [2.75, 3.05) is 24.4 Å². The Hall–Kier alpha value is -1.88. The van der Waals surface area contributed by atoms with Crippen LogP contribution in [0.4, 0.5) is 5.69 Å². The maximum Gasteiger partial charge on any atom is 0.261 e. The fraction of sp³-hybridized carbons (Fsp3) is 0.357. The number of benzene rings is 1. The number of carbonyl (C=O) groups is 3. The number of alkyl halides is 1. The van der Waals surface area contributed by atoms with Crippen LogP contribution in [0.15, 0.2) is 18.2 Å². The van der Waals surface area contributed by atoms with Gasteiger partial charge < -0.3 is 4.90 Å². The average molecular weight is 293 g/mol. The molecule has 3 amide bonds. The first-order valence-electron chi connectivity index (χ1n) is 6.35. The lowest BCUT2D eigenvalue weighted by Gasteiger charge is -2.16. The maximum atomic E-state index is 12.0. The van der Waals surface area contributed by atoms with Gasteiger partial charge in [0.1, 0.15) is 0 Å². The molecule has 0 aliphatic carbocycles. The van der Waals surface area contributed by atoms with E-state index in [4.69, 9.17) is 11.6 Å². The number of rotatable bonds is 2. The molecule has 1 unspecified atom stereocenters. The number of anilines is 1. The molecule has 0 spiro atoms. The van der Waals surface area contributed by atoms with E-state index in [2.05, 4.69) is 0 Å². The summed E-state index contributed by atoms with van der Waals surface area (Å²) in [6, 6.07) is 4.93. The number of hydrogen-bond donors (Lipinski definition) is 0. The van der Waals surface area contributed by atoms with Crippen LogP contribution in [-0.4, -0.2) is 42.1 Å². The molecule has 1 aromatic carbocycles. The number of carbonyl (C=O) groups excluding carboxylic acids is 3. The summed E-state index contributed by atoms with van der Waals surface area (Å²) in [5.41, 5.74) is 1.40. The highest BCUT2D eigenvalue weighted by Crippen LogP contribution is 2.30. The summed E-state index contributed by atoms with van der Waals surface area (Å²) in [4.78, 5) is 38.4. The molecule has 0 aromatic heterocycles. The highest BCUT2D eigenvalue weighted by molar-refractivity contribution is 6.21. The monoisotopic (exact) mass is 292 g/mol. The first kappa shape index (κ1) is 13.1. The van der Waals surface area contributed by atoms with Gasteiger partial charge in [0, 0.05) is 31.6 Å². The summed E-state index contributed by atoms with van der Waals surface area (Å²) in [6.07, 6.45) is 0.424. The average Bonchev–Trinajstić information content (AvgIpc) is 2.93. The van der Waals surface area contributed by atoms with Crippen molar-refractivity contribution < 1.29 is 14.4 Å². The molecule has 2 aliphatic heterocycles. The number of fused-ring (bicyclic) bond motifs is 1. The van der Waals surface area contributed by atoms with Crippen LogP contribution >= 0.6 is 11.6 Å². The Bertz CT molecular complexity index is 629. The minimum Gasteiger partial charge on any atom is -0.312 e. The van der Waals surface area contributed by atoms with Crippen molar-refractivity contribution in [1.29, 1.82) is 0 Å². The van der Waals surface area contributed by atoms with Gasteiger partial charge in [0.25, 0.3) is 11.8 Å². The molecule has 0 N–H and O–H groups in total. The quantitative estimate of drug-likeness (QED) is 0.613. The minimum atomic E-state index is -0.326. The van der Waals surface area contributed by atoms with E-state index in [1.807, 2.05) is 0 Å². The Balaban J connectivity index is 1.97. The number of amides is 3. The van der Waals surface area contributed by atoms with E-state index >= 15 is 0 Å². The van der Waals surface area contributed by atoms with Crippen molar-refractivity contribution in [3.05, 3.63) is 29.3 Å². The molecule has 2 heterocycles. The van der Waals surface area contributed by atoms with Crippen LogP contribution in [0, 0.1) is 5.92 Å². The molecule has 1 fully saturated rings. The Labute approximate surface area is 121 Å². The van der Waals surface area contributed by atoms with Crippen LogP contribution in [0.3, 0.4) is 0 Å². The Kier molecular flexibility index (Phi) is 3.01. The van der Waals surface area contributed by atoms with Crippen LogP contribution in [0.5, 0.6) is 0 Å². The minimum absolute atomic E-state index is 0.000673. The standard InChI is InChI=1S/C14H13ClN2O3/c1-16-13(19)10-3-2-9(5-11(10)14(16)20)17-7-8(6-15)4-12(17)18/h2-3,5,8H,4,6-7H2,1H3. The molecule has 20 heavy (non-hydrogen) atoms. The summed E-state index contributed by atoms with van der Waals surface area (Å²) in [5, 5.41) is 0. The van der Waals surface area contributed by atoms with Gasteiger partial charge in [0.2, 0.25) is 5.91 Å². The second-order valence-electron chi connectivity index (χ2n) is 5.13. The molecule has 1 saturated heterocycles. The summed E-state index contributed by atoms with van der Waals surface area (Å²) in [7, 11) is 1.45. The molecular formula is C14H13ClN2O3. The molecule has 2 aliphatic rings. The van der Waals surface area contributed by atoms with Crippen molar-refractivity contribution in [3.63, 3.8) is 0 Å². The van der Waals surface area contributed by atoms with Crippen molar-refractivity contribution in [2.24, 2.45) is 5.92 Å². The molecule has 0 radical (unpaired) electrons. The molecule has 1 aromatic rings.